The summed E-state index contributed by atoms with van der Waals surface area (Å²) in [4.78, 5) is 8.79. The molecule has 6 nitrogen and oxygen atoms in total. The summed E-state index contributed by atoms with van der Waals surface area (Å²) in [6.45, 7) is 3.69. The third-order valence-electron chi connectivity index (χ3n) is 4.29. The van der Waals surface area contributed by atoms with Crippen LogP contribution in [0.25, 0.3) is 22.8 Å². The average Bonchev–Trinajstić information content (AvgIpc) is 2.77. The van der Waals surface area contributed by atoms with Gasteiger partial charge in [-0.15, -0.1) is 0 Å². The van der Waals surface area contributed by atoms with Crippen molar-refractivity contribution in [2.24, 2.45) is 0 Å². The fourth-order valence-corrected chi connectivity index (χ4v) is 5.04. The molecule has 4 rings (SSSR count). The molecule has 30 heavy (non-hydrogen) atoms. The van der Waals surface area contributed by atoms with Gasteiger partial charge in [0.05, 0.1) is 11.1 Å². The van der Waals surface area contributed by atoms with Crippen LogP contribution in [0.15, 0.2) is 82.8 Å². The SMILES string of the molecule is Cc1cc(SSc2cc(C)nc(-c3ccccc3)[n+]2[O-])[n+]([O-])c(-c2ccccc2)n1. The molecule has 2 aromatic carbocycles. The van der Waals surface area contributed by atoms with Crippen LogP contribution in [0.1, 0.15) is 11.4 Å². The molecule has 0 unspecified atom stereocenters. The Morgan fingerprint density at radius 3 is 1.37 bits per heavy atom. The second-order valence-electron chi connectivity index (χ2n) is 6.61. The van der Waals surface area contributed by atoms with Crippen molar-refractivity contribution in [3.8, 4) is 22.8 Å². The molecule has 0 bridgehead atoms. The molecular formula is C22H18N4O2S2. The Bertz CT molecular complexity index is 1090. The molecule has 0 aliphatic carbocycles. The highest BCUT2D eigenvalue weighted by Gasteiger charge is 2.20. The number of hydrogen-bond acceptors (Lipinski definition) is 6. The number of nitrogens with zero attached hydrogens (tertiary/aromatic N) is 4. The zero-order valence-corrected chi connectivity index (χ0v) is 18.0. The first-order valence-corrected chi connectivity index (χ1v) is 11.4. The first kappa shape index (κ1) is 20.2. The highest BCUT2D eigenvalue weighted by atomic mass is 33.1. The lowest BCUT2D eigenvalue weighted by Crippen LogP contribution is -2.34. The lowest BCUT2D eigenvalue weighted by molar-refractivity contribution is -0.638. The van der Waals surface area contributed by atoms with Crippen molar-refractivity contribution in [1.82, 2.24) is 9.97 Å². The summed E-state index contributed by atoms with van der Waals surface area (Å²) >= 11 is 0. The van der Waals surface area contributed by atoms with Gasteiger partial charge in [-0.25, -0.2) is 9.46 Å². The smallest absolute Gasteiger partial charge is 0.334 e. The van der Waals surface area contributed by atoms with E-state index in [2.05, 4.69) is 9.97 Å². The maximum Gasteiger partial charge on any atom is 0.334 e. The van der Waals surface area contributed by atoms with E-state index in [-0.39, 0.29) is 0 Å². The molecule has 0 aliphatic heterocycles. The summed E-state index contributed by atoms with van der Waals surface area (Å²) in [7, 11) is 2.46. The van der Waals surface area contributed by atoms with Gasteiger partial charge in [0.15, 0.2) is 21.4 Å². The maximum absolute atomic E-state index is 12.9. The zero-order chi connectivity index (χ0) is 21.1. The zero-order valence-electron chi connectivity index (χ0n) is 16.4. The molecule has 0 fully saturated rings. The van der Waals surface area contributed by atoms with Crippen LogP contribution in [0, 0.1) is 24.3 Å². The van der Waals surface area contributed by atoms with E-state index in [0.717, 1.165) is 32.0 Å². The molecule has 8 heteroatoms. The molecule has 0 atom stereocenters. The first-order chi connectivity index (χ1) is 14.5. The molecule has 150 valence electrons. The van der Waals surface area contributed by atoms with Gasteiger partial charge in [0.25, 0.3) is 0 Å². The minimum absolute atomic E-state index is 0.338. The van der Waals surface area contributed by atoms with Crippen molar-refractivity contribution in [2.75, 3.05) is 0 Å². The molecule has 0 saturated heterocycles. The Morgan fingerprint density at radius 1 is 0.633 bits per heavy atom. The second kappa shape index (κ2) is 8.73. The van der Waals surface area contributed by atoms with E-state index < -0.39 is 0 Å². The highest BCUT2D eigenvalue weighted by Crippen LogP contribution is 2.35. The fraction of sp³-hybridized carbons (Fsp3) is 0.0909. The van der Waals surface area contributed by atoms with Crippen molar-refractivity contribution in [3.63, 3.8) is 0 Å². The lowest BCUT2D eigenvalue weighted by Gasteiger charge is -2.14. The van der Waals surface area contributed by atoms with E-state index in [9.17, 15) is 10.4 Å². The van der Waals surface area contributed by atoms with E-state index in [1.165, 1.54) is 21.6 Å². The largest absolute Gasteiger partial charge is 0.710 e. The number of hydrogen-bond donors (Lipinski definition) is 0. The minimum Gasteiger partial charge on any atom is -0.710 e. The summed E-state index contributed by atoms with van der Waals surface area (Å²) in [5.74, 6) is 0.675. The van der Waals surface area contributed by atoms with E-state index in [0.29, 0.717) is 21.7 Å². The quantitative estimate of drug-likeness (QED) is 0.199. The number of rotatable bonds is 5. The predicted molar refractivity (Wildman–Crippen MR) is 118 cm³/mol. The topological polar surface area (TPSA) is 79.7 Å². The Labute approximate surface area is 182 Å². The van der Waals surface area contributed by atoms with Gasteiger partial charge in [-0.3, -0.25) is 0 Å². The minimum atomic E-state index is 0.338. The van der Waals surface area contributed by atoms with Gasteiger partial charge in [0.2, 0.25) is 0 Å². The van der Waals surface area contributed by atoms with Crippen LogP contribution >= 0.6 is 21.6 Å². The lowest BCUT2D eigenvalue weighted by atomic mass is 10.2. The molecule has 0 spiro atoms. The van der Waals surface area contributed by atoms with Crippen LogP contribution in [-0.2, 0) is 0 Å². The van der Waals surface area contributed by atoms with Crippen molar-refractivity contribution in [2.45, 2.75) is 23.9 Å². The summed E-state index contributed by atoms with van der Waals surface area (Å²) in [6.07, 6.45) is 0. The number of benzene rings is 2. The van der Waals surface area contributed by atoms with Crippen molar-refractivity contribution < 1.29 is 9.46 Å². The summed E-state index contributed by atoms with van der Waals surface area (Å²) < 4.78 is 1.61. The van der Waals surface area contributed by atoms with Crippen molar-refractivity contribution in [1.29, 1.82) is 0 Å². The maximum atomic E-state index is 12.9. The summed E-state index contributed by atoms with van der Waals surface area (Å²) in [6, 6.07) is 22.1. The van der Waals surface area contributed by atoms with E-state index >= 15 is 0 Å². The van der Waals surface area contributed by atoms with Crippen LogP contribution in [0.5, 0.6) is 0 Å². The van der Waals surface area contributed by atoms with Gasteiger partial charge in [-0.05, 0) is 55.8 Å². The van der Waals surface area contributed by atoms with E-state index in [1.807, 2.05) is 74.5 Å². The highest BCUT2D eigenvalue weighted by molar-refractivity contribution is 8.76. The third-order valence-corrected chi connectivity index (χ3v) is 6.56. The molecule has 4 aromatic rings. The van der Waals surface area contributed by atoms with Gasteiger partial charge >= 0.3 is 11.6 Å². The average molecular weight is 435 g/mol. The van der Waals surface area contributed by atoms with Gasteiger partial charge < -0.3 is 10.4 Å². The van der Waals surface area contributed by atoms with Gasteiger partial charge in [0, 0.05) is 26.0 Å². The Hall–Kier alpha value is -3.10. The van der Waals surface area contributed by atoms with Crippen LogP contribution < -0.4 is 9.46 Å². The first-order valence-electron chi connectivity index (χ1n) is 9.20. The molecule has 2 heterocycles. The molecule has 2 aromatic heterocycles. The predicted octanol–water partition coefficient (Wildman–Crippen LogP) is 4.49. The molecule has 0 saturated carbocycles. The van der Waals surface area contributed by atoms with E-state index in [4.69, 9.17) is 0 Å². The monoisotopic (exact) mass is 434 g/mol. The standard InChI is InChI=1S/C22H18N4O2S2/c1-15-13-19(25(27)21(23-15)17-9-5-3-6-10-17)29-30-20-14-16(2)24-22(26(20)28)18-11-7-4-8-12-18/h3-14H,1-2H3. The Kier molecular flexibility index (Phi) is 5.87. The summed E-state index contributed by atoms with van der Waals surface area (Å²) in [5, 5.41) is 26.7. The van der Waals surface area contributed by atoms with Gasteiger partial charge in [-0.1, -0.05) is 36.4 Å². The molecule has 0 amide bonds. The number of aryl methyl sites for hydroxylation is 2. The third kappa shape index (κ3) is 4.24. The van der Waals surface area contributed by atoms with E-state index in [1.54, 1.807) is 12.1 Å². The normalized spacial score (nSPS) is 10.9. The van der Waals surface area contributed by atoms with Gasteiger partial charge in [-0.2, -0.15) is 0 Å². The van der Waals surface area contributed by atoms with Crippen LogP contribution in [-0.4, -0.2) is 9.97 Å². The van der Waals surface area contributed by atoms with Crippen molar-refractivity contribution in [3.05, 3.63) is 94.6 Å². The summed E-state index contributed by atoms with van der Waals surface area (Å²) in [5.41, 5.74) is 2.95. The Morgan fingerprint density at radius 2 is 1.00 bits per heavy atom. The molecule has 0 N–H and O–H groups in total. The van der Waals surface area contributed by atoms with Crippen LogP contribution in [0.3, 0.4) is 0 Å². The molecule has 0 radical (unpaired) electrons. The molecular weight excluding hydrogens is 416 g/mol. The number of aromatic nitrogens is 4. The second-order valence-corrected chi connectivity index (χ2v) is 8.78. The Balaban J connectivity index is 1.66. The van der Waals surface area contributed by atoms with Crippen molar-refractivity contribution >= 4 is 21.6 Å². The fourth-order valence-electron chi connectivity index (χ4n) is 2.91. The van der Waals surface area contributed by atoms with Crippen LogP contribution in [0.2, 0.25) is 0 Å². The van der Waals surface area contributed by atoms with Crippen LogP contribution in [0.4, 0.5) is 0 Å². The molecule has 0 aliphatic rings. The van der Waals surface area contributed by atoms with Gasteiger partial charge in [0.1, 0.15) is 0 Å².